The Hall–Kier alpha value is -1.20. The Labute approximate surface area is 106 Å². The molecule has 0 saturated carbocycles. The highest BCUT2D eigenvalue weighted by atomic mass is 35.5. The second kappa shape index (κ2) is 6.51. The SMILES string of the molecule is COC(=O)CN(Cc1cnc(Cl)cn1)C(C)C. The fourth-order valence-corrected chi connectivity index (χ4v) is 1.38. The van der Waals surface area contributed by atoms with Gasteiger partial charge in [0.05, 0.1) is 31.7 Å². The average molecular weight is 258 g/mol. The third-order valence-corrected chi connectivity index (χ3v) is 2.52. The first-order chi connectivity index (χ1) is 8.02. The Morgan fingerprint density at radius 3 is 2.65 bits per heavy atom. The lowest BCUT2D eigenvalue weighted by atomic mass is 10.3. The van der Waals surface area contributed by atoms with Crippen LogP contribution in [0.2, 0.25) is 5.15 Å². The van der Waals surface area contributed by atoms with Crippen LogP contribution in [0.25, 0.3) is 0 Å². The Bertz CT molecular complexity index is 367. The molecule has 0 N–H and O–H groups in total. The van der Waals surface area contributed by atoms with Crippen molar-refractivity contribution in [3.63, 3.8) is 0 Å². The molecule has 1 rings (SSSR count). The maximum Gasteiger partial charge on any atom is 0.319 e. The summed E-state index contributed by atoms with van der Waals surface area (Å²) in [4.78, 5) is 21.3. The molecular weight excluding hydrogens is 242 g/mol. The molecule has 0 radical (unpaired) electrons. The Kier molecular flexibility index (Phi) is 5.31. The monoisotopic (exact) mass is 257 g/mol. The number of aromatic nitrogens is 2. The van der Waals surface area contributed by atoms with Crippen LogP contribution in [0.4, 0.5) is 0 Å². The van der Waals surface area contributed by atoms with E-state index >= 15 is 0 Å². The molecule has 94 valence electrons. The van der Waals surface area contributed by atoms with E-state index in [9.17, 15) is 4.79 Å². The van der Waals surface area contributed by atoms with Crippen LogP contribution in [0.3, 0.4) is 0 Å². The standard InChI is InChI=1S/C11H16ClN3O2/c1-8(2)15(7-11(16)17-3)6-9-4-14-10(12)5-13-9/h4-5,8H,6-7H2,1-3H3. The lowest BCUT2D eigenvalue weighted by Crippen LogP contribution is -2.35. The van der Waals surface area contributed by atoms with Crippen molar-refractivity contribution < 1.29 is 9.53 Å². The molecular formula is C11H16ClN3O2. The van der Waals surface area contributed by atoms with Gasteiger partial charge < -0.3 is 4.74 Å². The van der Waals surface area contributed by atoms with Gasteiger partial charge in [-0.3, -0.25) is 14.7 Å². The molecule has 0 spiro atoms. The van der Waals surface area contributed by atoms with Crippen molar-refractivity contribution in [2.24, 2.45) is 0 Å². The van der Waals surface area contributed by atoms with Crippen LogP contribution < -0.4 is 0 Å². The summed E-state index contributed by atoms with van der Waals surface area (Å²) >= 11 is 5.66. The summed E-state index contributed by atoms with van der Waals surface area (Å²) in [5.74, 6) is -0.263. The third kappa shape index (κ3) is 4.66. The van der Waals surface area contributed by atoms with Crippen LogP contribution >= 0.6 is 11.6 Å². The van der Waals surface area contributed by atoms with Crippen LogP contribution in [0.1, 0.15) is 19.5 Å². The van der Waals surface area contributed by atoms with E-state index in [2.05, 4.69) is 14.7 Å². The van der Waals surface area contributed by atoms with Crippen LogP contribution in [-0.2, 0) is 16.1 Å². The van der Waals surface area contributed by atoms with Gasteiger partial charge >= 0.3 is 5.97 Å². The molecule has 17 heavy (non-hydrogen) atoms. The molecule has 0 saturated heterocycles. The summed E-state index contributed by atoms with van der Waals surface area (Å²) in [6.45, 7) is 4.79. The van der Waals surface area contributed by atoms with E-state index < -0.39 is 0 Å². The molecule has 0 aliphatic rings. The van der Waals surface area contributed by atoms with Gasteiger partial charge in [-0.25, -0.2) is 4.98 Å². The minimum atomic E-state index is -0.263. The van der Waals surface area contributed by atoms with E-state index in [0.29, 0.717) is 11.7 Å². The van der Waals surface area contributed by atoms with Gasteiger partial charge in [-0.2, -0.15) is 0 Å². The van der Waals surface area contributed by atoms with E-state index in [4.69, 9.17) is 11.6 Å². The highest BCUT2D eigenvalue weighted by Crippen LogP contribution is 2.07. The minimum absolute atomic E-state index is 0.214. The highest BCUT2D eigenvalue weighted by molar-refractivity contribution is 6.29. The summed E-state index contributed by atoms with van der Waals surface area (Å²) < 4.78 is 4.65. The molecule has 1 aromatic heterocycles. The van der Waals surface area contributed by atoms with Crippen molar-refractivity contribution in [3.05, 3.63) is 23.2 Å². The largest absolute Gasteiger partial charge is 0.468 e. The number of hydrogen-bond acceptors (Lipinski definition) is 5. The molecule has 0 fully saturated rings. The molecule has 1 aromatic rings. The highest BCUT2D eigenvalue weighted by Gasteiger charge is 2.15. The average Bonchev–Trinajstić information content (AvgIpc) is 2.30. The molecule has 6 heteroatoms. The zero-order valence-electron chi connectivity index (χ0n) is 10.2. The number of nitrogens with zero attached hydrogens (tertiary/aromatic N) is 3. The van der Waals surface area contributed by atoms with Gasteiger partial charge in [0.15, 0.2) is 0 Å². The van der Waals surface area contributed by atoms with Crippen molar-refractivity contribution in [3.8, 4) is 0 Å². The number of carbonyl (C=O) groups excluding carboxylic acids is 1. The zero-order chi connectivity index (χ0) is 12.8. The van der Waals surface area contributed by atoms with Gasteiger partial charge in [-0.05, 0) is 13.8 Å². The summed E-state index contributed by atoms with van der Waals surface area (Å²) in [7, 11) is 1.38. The molecule has 0 aliphatic heterocycles. The van der Waals surface area contributed by atoms with E-state index in [0.717, 1.165) is 5.69 Å². The fraction of sp³-hybridized carbons (Fsp3) is 0.545. The lowest BCUT2D eigenvalue weighted by Gasteiger charge is -2.24. The number of ether oxygens (including phenoxy) is 1. The fourth-order valence-electron chi connectivity index (χ4n) is 1.28. The van der Waals surface area contributed by atoms with Gasteiger partial charge in [0, 0.05) is 12.6 Å². The normalized spacial score (nSPS) is 10.9. The molecule has 0 aromatic carbocycles. The van der Waals surface area contributed by atoms with Crippen molar-refractivity contribution >= 4 is 17.6 Å². The number of carbonyl (C=O) groups is 1. The third-order valence-electron chi connectivity index (χ3n) is 2.33. The second-order valence-electron chi connectivity index (χ2n) is 3.91. The van der Waals surface area contributed by atoms with E-state index in [1.807, 2.05) is 18.7 Å². The van der Waals surface area contributed by atoms with E-state index in [1.54, 1.807) is 6.20 Å². The van der Waals surface area contributed by atoms with Gasteiger partial charge in [0.2, 0.25) is 0 Å². The Balaban J connectivity index is 2.66. The summed E-state index contributed by atoms with van der Waals surface area (Å²) in [6.07, 6.45) is 3.10. The maximum atomic E-state index is 11.2. The van der Waals surface area contributed by atoms with Gasteiger partial charge in [0.1, 0.15) is 5.15 Å². The predicted octanol–water partition coefficient (Wildman–Crippen LogP) is 1.51. The summed E-state index contributed by atoms with van der Waals surface area (Å²) in [5.41, 5.74) is 0.770. The first-order valence-electron chi connectivity index (χ1n) is 5.30. The molecule has 0 amide bonds. The lowest BCUT2D eigenvalue weighted by molar-refractivity contribution is -0.142. The number of esters is 1. The van der Waals surface area contributed by atoms with Gasteiger partial charge in [-0.15, -0.1) is 0 Å². The number of halogens is 1. The second-order valence-corrected chi connectivity index (χ2v) is 4.29. The Morgan fingerprint density at radius 2 is 2.18 bits per heavy atom. The predicted molar refractivity (Wildman–Crippen MR) is 64.6 cm³/mol. The molecule has 0 unspecified atom stereocenters. The first-order valence-corrected chi connectivity index (χ1v) is 5.68. The van der Waals surface area contributed by atoms with Crippen molar-refractivity contribution in [2.75, 3.05) is 13.7 Å². The van der Waals surface area contributed by atoms with Crippen LogP contribution in [0.15, 0.2) is 12.4 Å². The summed E-state index contributed by atoms with van der Waals surface area (Å²) in [6, 6.07) is 0.214. The van der Waals surface area contributed by atoms with Crippen molar-refractivity contribution in [1.29, 1.82) is 0 Å². The molecule has 0 bridgehead atoms. The number of methoxy groups -OCH3 is 1. The number of hydrogen-bond donors (Lipinski definition) is 0. The van der Waals surface area contributed by atoms with E-state index in [1.165, 1.54) is 13.3 Å². The van der Waals surface area contributed by atoms with Crippen LogP contribution in [0, 0.1) is 0 Å². The van der Waals surface area contributed by atoms with Gasteiger partial charge in [0.25, 0.3) is 0 Å². The minimum Gasteiger partial charge on any atom is -0.468 e. The summed E-state index contributed by atoms with van der Waals surface area (Å²) in [5, 5.41) is 0.359. The number of rotatable bonds is 5. The van der Waals surface area contributed by atoms with Crippen LogP contribution in [0.5, 0.6) is 0 Å². The van der Waals surface area contributed by atoms with Crippen LogP contribution in [-0.4, -0.2) is 40.5 Å². The Morgan fingerprint density at radius 1 is 1.47 bits per heavy atom. The molecule has 0 atom stereocenters. The molecule has 5 nitrogen and oxygen atoms in total. The van der Waals surface area contributed by atoms with Gasteiger partial charge in [-0.1, -0.05) is 11.6 Å². The molecule has 0 aliphatic carbocycles. The topological polar surface area (TPSA) is 55.3 Å². The molecule has 1 heterocycles. The quantitative estimate of drug-likeness (QED) is 0.749. The zero-order valence-corrected chi connectivity index (χ0v) is 10.9. The van der Waals surface area contributed by atoms with E-state index in [-0.39, 0.29) is 18.6 Å². The van der Waals surface area contributed by atoms with Crippen molar-refractivity contribution in [1.82, 2.24) is 14.9 Å². The van der Waals surface area contributed by atoms with Crippen molar-refractivity contribution in [2.45, 2.75) is 26.4 Å². The smallest absolute Gasteiger partial charge is 0.319 e. The first kappa shape index (κ1) is 13.9. The maximum absolute atomic E-state index is 11.2.